The van der Waals surface area contributed by atoms with Crippen LogP contribution in [0.1, 0.15) is 42.0 Å². The Morgan fingerprint density at radius 1 is 1.08 bits per heavy atom. The number of morpholine rings is 1. The predicted octanol–water partition coefficient (Wildman–Crippen LogP) is 3.19. The second-order valence-electron chi connectivity index (χ2n) is 7.13. The summed E-state index contributed by atoms with van der Waals surface area (Å²) in [6.45, 7) is 12.8. The number of nitrogens with one attached hydrogen (secondary N) is 1. The zero-order chi connectivity index (χ0) is 17.8. The fourth-order valence-electron chi connectivity index (χ4n) is 3.62. The van der Waals surface area contributed by atoms with Crippen LogP contribution in [0.25, 0.3) is 0 Å². The van der Waals surface area contributed by atoms with E-state index in [0.717, 1.165) is 49.7 Å². The number of hydrogen-bond acceptors (Lipinski definition) is 5. The van der Waals surface area contributed by atoms with Crippen molar-refractivity contribution in [2.24, 2.45) is 0 Å². The van der Waals surface area contributed by atoms with E-state index in [4.69, 9.17) is 9.26 Å². The summed E-state index contributed by atoms with van der Waals surface area (Å²) in [6.07, 6.45) is 0.599. The van der Waals surface area contributed by atoms with Crippen molar-refractivity contribution in [2.45, 2.75) is 59.5 Å². The lowest BCUT2D eigenvalue weighted by molar-refractivity contribution is -0.0705. The minimum atomic E-state index is 0.300. The van der Waals surface area contributed by atoms with Crippen LogP contribution in [0.5, 0.6) is 0 Å². The lowest BCUT2D eigenvalue weighted by Crippen LogP contribution is -2.45. The summed E-state index contributed by atoms with van der Waals surface area (Å²) in [7, 11) is 0. The van der Waals surface area contributed by atoms with Gasteiger partial charge in [-0.05, 0) is 38.8 Å². The molecule has 2 aromatic rings. The molecule has 0 spiro atoms. The number of benzene rings is 1. The first-order valence-corrected chi connectivity index (χ1v) is 9.10. The first-order valence-electron chi connectivity index (χ1n) is 9.10. The Morgan fingerprint density at radius 3 is 2.40 bits per heavy atom. The van der Waals surface area contributed by atoms with Gasteiger partial charge in [-0.25, -0.2) is 0 Å². The molecule has 0 radical (unpaired) electrons. The van der Waals surface area contributed by atoms with Crippen LogP contribution in [0.2, 0.25) is 0 Å². The van der Waals surface area contributed by atoms with E-state index in [9.17, 15) is 0 Å². The molecule has 1 saturated heterocycles. The first kappa shape index (κ1) is 18.1. The zero-order valence-electron chi connectivity index (χ0n) is 15.7. The predicted molar refractivity (Wildman–Crippen MR) is 98.2 cm³/mol. The van der Waals surface area contributed by atoms with Gasteiger partial charge in [-0.2, -0.15) is 0 Å². The molecule has 1 fully saturated rings. The van der Waals surface area contributed by atoms with Gasteiger partial charge in [-0.3, -0.25) is 4.90 Å². The second-order valence-corrected chi connectivity index (χ2v) is 7.13. The molecule has 0 saturated carbocycles. The molecule has 5 heteroatoms. The fraction of sp³-hybridized carbons (Fsp3) is 0.550. The summed E-state index contributed by atoms with van der Waals surface area (Å²) in [5, 5.41) is 7.56. The van der Waals surface area contributed by atoms with Gasteiger partial charge in [0.05, 0.1) is 17.9 Å². The summed E-state index contributed by atoms with van der Waals surface area (Å²) >= 11 is 0. The third-order valence-corrected chi connectivity index (χ3v) is 4.81. The van der Waals surface area contributed by atoms with Crippen LogP contribution in [0.15, 0.2) is 28.8 Å². The van der Waals surface area contributed by atoms with Crippen molar-refractivity contribution in [3.63, 3.8) is 0 Å². The number of nitrogens with zero attached hydrogens (tertiary/aromatic N) is 2. The topological polar surface area (TPSA) is 50.5 Å². The molecule has 1 N–H and O–H groups in total. The molecule has 3 rings (SSSR count). The maximum atomic E-state index is 5.84. The Morgan fingerprint density at radius 2 is 1.76 bits per heavy atom. The highest BCUT2D eigenvalue weighted by Crippen LogP contribution is 2.17. The van der Waals surface area contributed by atoms with Gasteiger partial charge in [0.15, 0.2) is 0 Å². The molecule has 1 aromatic carbocycles. The molecule has 0 aliphatic carbocycles. The minimum Gasteiger partial charge on any atom is -0.373 e. The highest BCUT2D eigenvalue weighted by molar-refractivity contribution is 5.27. The normalized spacial score (nSPS) is 21.6. The van der Waals surface area contributed by atoms with E-state index in [0.29, 0.717) is 12.2 Å². The van der Waals surface area contributed by atoms with Gasteiger partial charge in [-0.1, -0.05) is 29.4 Å². The lowest BCUT2D eigenvalue weighted by atomic mass is 10.1. The Bertz CT molecular complexity index is 668. The van der Waals surface area contributed by atoms with Gasteiger partial charge in [-0.15, -0.1) is 0 Å². The maximum Gasteiger partial charge on any atom is 0.138 e. The number of hydrogen-bond donors (Lipinski definition) is 1. The molecular weight excluding hydrogens is 314 g/mol. The summed E-state index contributed by atoms with van der Waals surface area (Å²) in [5.41, 5.74) is 4.86. The van der Waals surface area contributed by atoms with Gasteiger partial charge < -0.3 is 14.6 Å². The average molecular weight is 343 g/mol. The Balaban J connectivity index is 1.61. The van der Waals surface area contributed by atoms with Crippen molar-refractivity contribution >= 4 is 0 Å². The van der Waals surface area contributed by atoms with Gasteiger partial charge in [0.1, 0.15) is 5.76 Å². The molecule has 2 atom stereocenters. The zero-order valence-corrected chi connectivity index (χ0v) is 15.7. The van der Waals surface area contributed by atoms with Gasteiger partial charge in [0.25, 0.3) is 0 Å². The van der Waals surface area contributed by atoms with Crippen LogP contribution >= 0.6 is 0 Å². The number of rotatable bonds is 6. The van der Waals surface area contributed by atoms with E-state index in [1.807, 2.05) is 13.8 Å². The van der Waals surface area contributed by atoms with Crippen molar-refractivity contribution in [1.29, 1.82) is 0 Å². The molecule has 2 heterocycles. The van der Waals surface area contributed by atoms with Crippen molar-refractivity contribution in [1.82, 2.24) is 15.4 Å². The molecule has 1 aliphatic heterocycles. The molecule has 1 aromatic heterocycles. The summed E-state index contributed by atoms with van der Waals surface area (Å²) in [6, 6.07) is 8.68. The third-order valence-electron chi connectivity index (χ3n) is 4.81. The quantitative estimate of drug-likeness (QED) is 0.873. The molecule has 5 nitrogen and oxygen atoms in total. The van der Waals surface area contributed by atoms with E-state index in [-0.39, 0.29) is 0 Å². The van der Waals surface area contributed by atoms with Crippen LogP contribution in [0.4, 0.5) is 0 Å². The summed E-state index contributed by atoms with van der Waals surface area (Å²) < 4.78 is 11.1. The van der Waals surface area contributed by atoms with Gasteiger partial charge >= 0.3 is 0 Å². The minimum absolute atomic E-state index is 0.300. The van der Waals surface area contributed by atoms with Crippen molar-refractivity contribution < 1.29 is 9.26 Å². The van der Waals surface area contributed by atoms with Crippen molar-refractivity contribution in [2.75, 3.05) is 13.1 Å². The lowest BCUT2D eigenvalue weighted by Gasteiger charge is -2.35. The second kappa shape index (κ2) is 8.13. The Hall–Kier alpha value is -1.69. The van der Waals surface area contributed by atoms with E-state index >= 15 is 0 Å². The summed E-state index contributed by atoms with van der Waals surface area (Å²) in [5.74, 6) is 0.898. The summed E-state index contributed by atoms with van der Waals surface area (Å²) in [4.78, 5) is 2.49. The van der Waals surface area contributed by atoms with E-state index in [2.05, 4.69) is 53.5 Å². The molecule has 25 heavy (non-hydrogen) atoms. The maximum absolute atomic E-state index is 5.84. The third kappa shape index (κ3) is 4.69. The van der Waals surface area contributed by atoms with Crippen molar-refractivity contribution in [3.8, 4) is 0 Å². The smallest absolute Gasteiger partial charge is 0.138 e. The van der Waals surface area contributed by atoms with Crippen LogP contribution in [-0.4, -0.2) is 35.4 Å². The largest absolute Gasteiger partial charge is 0.373 e. The average Bonchev–Trinajstić information content (AvgIpc) is 2.87. The Labute approximate surface area is 150 Å². The number of aromatic nitrogens is 1. The molecule has 0 amide bonds. The van der Waals surface area contributed by atoms with Crippen LogP contribution in [0.3, 0.4) is 0 Å². The highest BCUT2D eigenvalue weighted by atomic mass is 16.5. The van der Waals surface area contributed by atoms with Crippen LogP contribution in [-0.2, 0) is 24.4 Å². The molecular formula is C20H29N3O2. The van der Waals surface area contributed by atoms with E-state index in [1.165, 1.54) is 11.1 Å². The highest BCUT2D eigenvalue weighted by Gasteiger charge is 2.22. The number of aryl methyl sites for hydroxylation is 2. The monoisotopic (exact) mass is 343 g/mol. The van der Waals surface area contributed by atoms with Gasteiger partial charge in [0, 0.05) is 38.3 Å². The molecule has 1 aliphatic rings. The van der Waals surface area contributed by atoms with E-state index < -0.39 is 0 Å². The Kier molecular flexibility index (Phi) is 5.89. The van der Waals surface area contributed by atoms with Crippen LogP contribution < -0.4 is 5.32 Å². The van der Waals surface area contributed by atoms with Crippen molar-refractivity contribution in [3.05, 3.63) is 52.4 Å². The molecule has 136 valence electrons. The number of ether oxygens (including phenoxy) is 1. The standard InChI is InChI=1S/C20H29N3O2/c1-14-11-23(12-15(2)24-14)13-19-8-6-5-7-18(19)9-21-10-20-16(3)22-25-17(20)4/h5-8,14-15,21H,9-13H2,1-4H3/t14-,15-/m0/s1. The SMILES string of the molecule is Cc1noc(C)c1CNCc1ccccc1CN1C[C@H](C)O[C@@H](C)C1. The van der Waals surface area contributed by atoms with Gasteiger partial charge in [0.2, 0.25) is 0 Å². The van der Waals surface area contributed by atoms with Crippen LogP contribution in [0, 0.1) is 13.8 Å². The first-order chi connectivity index (χ1) is 12.0. The molecule has 0 unspecified atom stereocenters. The fourth-order valence-corrected chi connectivity index (χ4v) is 3.62. The van der Waals surface area contributed by atoms with E-state index in [1.54, 1.807) is 0 Å². The molecule has 0 bridgehead atoms.